The topological polar surface area (TPSA) is 110 Å². The number of carbonyl (C=O) groups excluding carboxylic acids is 1. The van der Waals surface area contributed by atoms with Gasteiger partial charge >= 0.3 is 6.18 Å². The molecule has 1 aliphatic rings. The molecule has 1 saturated heterocycles. The Bertz CT molecular complexity index is 1960. The zero-order valence-corrected chi connectivity index (χ0v) is 25.6. The summed E-state index contributed by atoms with van der Waals surface area (Å²) >= 11 is 0. The second-order valence-electron chi connectivity index (χ2n) is 11.3. The van der Waals surface area contributed by atoms with E-state index in [0.29, 0.717) is 17.0 Å². The van der Waals surface area contributed by atoms with Crippen molar-refractivity contribution < 1.29 is 26.6 Å². The van der Waals surface area contributed by atoms with Gasteiger partial charge in [-0.3, -0.25) is 18.4 Å². The van der Waals surface area contributed by atoms with Gasteiger partial charge in [0, 0.05) is 29.4 Å². The Hall–Kier alpha value is -4.62. The molecule has 0 amide bonds. The maximum absolute atomic E-state index is 13.9. The van der Waals surface area contributed by atoms with Crippen LogP contribution in [0, 0.1) is 0 Å². The molecule has 0 saturated carbocycles. The van der Waals surface area contributed by atoms with E-state index in [1.165, 1.54) is 23.9 Å². The standard InChI is InChI=1S/C33H30F3N5O4S/c1-40-14-5-8-23(18-40)21-9-11-25(12-10-21)38-32-37-17-24-16-26(29(42)22-6-3-2-4-7-22)31(43)41(30(24)39-32)19-27-28(13-15-45-27)46(44)20-33(34,35)36/h2-4,6-7,9-13,15-17,23H,5,8,14,18-20H2,1H3,(H,37,38,39). The third-order valence-corrected chi connectivity index (χ3v) is 9.36. The summed E-state index contributed by atoms with van der Waals surface area (Å²) in [7, 11) is -0.358. The zero-order valence-electron chi connectivity index (χ0n) is 24.8. The van der Waals surface area contributed by atoms with Crippen molar-refractivity contribution >= 4 is 39.3 Å². The number of nitrogens with one attached hydrogen (secondary N) is 1. The summed E-state index contributed by atoms with van der Waals surface area (Å²) in [4.78, 5) is 38.4. The molecule has 6 rings (SSSR count). The summed E-state index contributed by atoms with van der Waals surface area (Å²) in [5.41, 5.74) is 1.41. The van der Waals surface area contributed by atoms with Crippen molar-refractivity contribution in [2.75, 3.05) is 31.2 Å². The predicted octanol–water partition coefficient (Wildman–Crippen LogP) is 5.89. The van der Waals surface area contributed by atoms with Crippen LogP contribution in [0.5, 0.6) is 0 Å². The van der Waals surface area contributed by atoms with E-state index >= 15 is 0 Å². The minimum absolute atomic E-state index is 0.109. The van der Waals surface area contributed by atoms with E-state index in [0.717, 1.165) is 36.8 Å². The zero-order chi connectivity index (χ0) is 32.4. The fraction of sp³-hybridized carbons (Fsp3) is 0.273. The smallest absolute Gasteiger partial charge is 0.400 e. The van der Waals surface area contributed by atoms with E-state index in [-0.39, 0.29) is 33.4 Å². The minimum Gasteiger partial charge on any atom is -0.466 e. The van der Waals surface area contributed by atoms with Crippen LogP contribution < -0.4 is 10.9 Å². The summed E-state index contributed by atoms with van der Waals surface area (Å²) in [5.74, 6) is -1.63. The first kappa shape index (κ1) is 31.4. The van der Waals surface area contributed by atoms with Crippen LogP contribution in [-0.2, 0) is 17.3 Å². The monoisotopic (exact) mass is 649 g/mol. The normalized spacial score (nSPS) is 16.4. The van der Waals surface area contributed by atoms with E-state index in [1.54, 1.807) is 30.3 Å². The van der Waals surface area contributed by atoms with Crippen molar-refractivity contribution in [1.29, 1.82) is 0 Å². The third kappa shape index (κ3) is 6.95. The minimum atomic E-state index is -4.68. The first-order valence-corrected chi connectivity index (χ1v) is 15.9. The number of pyridine rings is 1. The van der Waals surface area contributed by atoms with Gasteiger partial charge in [-0.25, -0.2) is 4.98 Å². The molecule has 0 radical (unpaired) electrons. The van der Waals surface area contributed by atoms with Gasteiger partial charge in [0.1, 0.15) is 17.2 Å². The predicted molar refractivity (Wildman–Crippen MR) is 168 cm³/mol. The van der Waals surface area contributed by atoms with Crippen LogP contribution in [-0.4, -0.2) is 61.5 Å². The molecule has 0 bridgehead atoms. The molecule has 0 aliphatic carbocycles. The molecule has 5 aromatic rings. The van der Waals surface area contributed by atoms with Gasteiger partial charge in [-0.1, -0.05) is 42.5 Å². The number of aromatic nitrogens is 3. The molecule has 0 spiro atoms. The molecule has 4 heterocycles. The number of benzene rings is 2. The molecule has 9 nitrogen and oxygen atoms in total. The van der Waals surface area contributed by atoms with Gasteiger partial charge in [-0.05, 0) is 62.2 Å². The van der Waals surface area contributed by atoms with Crippen molar-refractivity contribution in [3.05, 3.63) is 112 Å². The molecule has 1 aliphatic heterocycles. The van der Waals surface area contributed by atoms with Gasteiger partial charge in [0.25, 0.3) is 5.56 Å². The molecule has 2 atom stereocenters. The van der Waals surface area contributed by atoms with Gasteiger partial charge in [0.15, 0.2) is 5.78 Å². The number of furan rings is 1. The molecule has 2 unspecified atom stereocenters. The van der Waals surface area contributed by atoms with Crippen molar-refractivity contribution in [3.63, 3.8) is 0 Å². The molecule has 13 heteroatoms. The second-order valence-corrected chi connectivity index (χ2v) is 12.7. The number of carbonyl (C=O) groups is 1. The average Bonchev–Trinajstić information content (AvgIpc) is 3.51. The van der Waals surface area contributed by atoms with Gasteiger partial charge in [-0.15, -0.1) is 0 Å². The molecule has 46 heavy (non-hydrogen) atoms. The Morgan fingerprint density at radius 3 is 2.59 bits per heavy atom. The highest BCUT2D eigenvalue weighted by molar-refractivity contribution is 7.85. The number of nitrogens with zero attached hydrogens (tertiary/aromatic N) is 4. The number of fused-ring (bicyclic) bond motifs is 1. The molecule has 1 N–H and O–H groups in total. The Morgan fingerprint density at radius 1 is 1.11 bits per heavy atom. The van der Waals surface area contributed by atoms with Crippen molar-refractivity contribution in [1.82, 2.24) is 19.4 Å². The van der Waals surface area contributed by atoms with Gasteiger partial charge in [0.05, 0.1) is 34.1 Å². The molecule has 1 fully saturated rings. The van der Waals surface area contributed by atoms with Crippen LogP contribution in [0.15, 0.2) is 93.3 Å². The lowest BCUT2D eigenvalue weighted by atomic mass is 9.91. The van der Waals surface area contributed by atoms with Crippen LogP contribution in [0.25, 0.3) is 11.0 Å². The van der Waals surface area contributed by atoms with Crippen LogP contribution in [0.4, 0.5) is 24.8 Å². The number of hydrogen-bond donors (Lipinski definition) is 1. The molecular formula is C33H30F3N5O4S. The first-order valence-electron chi connectivity index (χ1n) is 14.6. The van der Waals surface area contributed by atoms with Crippen molar-refractivity contribution in [2.45, 2.75) is 36.4 Å². The van der Waals surface area contributed by atoms with E-state index in [1.807, 2.05) is 12.1 Å². The maximum atomic E-state index is 13.9. The lowest BCUT2D eigenvalue weighted by molar-refractivity contribution is -0.105. The number of alkyl halides is 3. The number of hydrogen-bond acceptors (Lipinski definition) is 8. The summed E-state index contributed by atoms with van der Waals surface area (Å²) in [5, 5.41) is 3.49. The maximum Gasteiger partial charge on any atom is 0.400 e. The molecule has 3 aromatic heterocycles. The van der Waals surface area contributed by atoms with Gasteiger partial charge < -0.3 is 14.6 Å². The molecule has 2 aromatic carbocycles. The number of rotatable bonds is 9. The van der Waals surface area contributed by atoms with Gasteiger partial charge in [0.2, 0.25) is 5.95 Å². The third-order valence-electron chi connectivity index (χ3n) is 7.92. The number of ketones is 1. The highest BCUT2D eigenvalue weighted by atomic mass is 32.2. The van der Waals surface area contributed by atoms with Crippen LogP contribution >= 0.6 is 0 Å². The van der Waals surface area contributed by atoms with Crippen molar-refractivity contribution in [3.8, 4) is 0 Å². The molecular weight excluding hydrogens is 619 g/mol. The number of halogens is 3. The fourth-order valence-corrected chi connectivity index (χ4v) is 6.72. The van der Waals surface area contributed by atoms with Crippen molar-refractivity contribution in [2.24, 2.45) is 0 Å². The summed E-state index contributed by atoms with van der Waals surface area (Å²) in [6.45, 7) is 1.67. The average molecular weight is 650 g/mol. The van der Waals surface area contributed by atoms with E-state index in [9.17, 15) is 27.0 Å². The van der Waals surface area contributed by atoms with Crippen LogP contribution in [0.1, 0.15) is 46.0 Å². The lowest BCUT2D eigenvalue weighted by Gasteiger charge is -2.30. The quantitative estimate of drug-likeness (QED) is 0.197. The number of anilines is 2. The summed E-state index contributed by atoms with van der Waals surface area (Å²) < 4.78 is 58.3. The Balaban J connectivity index is 1.37. The summed E-state index contributed by atoms with van der Waals surface area (Å²) in [6, 6.07) is 18.8. The molecule has 238 valence electrons. The Labute approximate surface area is 264 Å². The van der Waals surface area contributed by atoms with Crippen LogP contribution in [0.2, 0.25) is 0 Å². The lowest BCUT2D eigenvalue weighted by Crippen LogP contribution is -2.30. The highest BCUT2D eigenvalue weighted by Crippen LogP contribution is 2.28. The Kier molecular flexibility index (Phi) is 8.87. The van der Waals surface area contributed by atoms with E-state index in [4.69, 9.17) is 4.42 Å². The van der Waals surface area contributed by atoms with E-state index < -0.39 is 40.6 Å². The first-order chi connectivity index (χ1) is 22.1. The van der Waals surface area contributed by atoms with Gasteiger partial charge in [-0.2, -0.15) is 18.2 Å². The fourth-order valence-electron chi connectivity index (χ4n) is 5.70. The number of likely N-dealkylation sites (N-methyl/N-ethyl adjacent to an activating group) is 1. The number of piperidine rings is 1. The Morgan fingerprint density at radius 2 is 1.87 bits per heavy atom. The van der Waals surface area contributed by atoms with E-state index in [2.05, 4.69) is 39.4 Å². The second kappa shape index (κ2) is 13.0. The van der Waals surface area contributed by atoms with Crippen LogP contribution in [0.3, 0.4) is 0 Å². The highest BCUT2D eigenvalue weighted by Gasteiger charge is 2.33. The largest absolute Gasteiger partial charge is 0.466 e. The number of likely N-dealkylation sites (tertiary alicyclic amines) is 1. The SMILES string of the molecule is CN1CCCC(c2ccc(Nc3ncc4cc(C(=O)c5ccccc5)c(=O)n(Cc5occc5S(=O)CC(F)(F)F)c4n3)cc2)C1. The summed E-state index contributed by atoms with van der Waals surface area (Å²) in [6.07, 6.45) is 0.161.